The van der Waals surface area contributed by atoms with Gasteiger partial charge in [0.05, 0.1) is 5.56 Å². The van der Waals surface area contributed by atoms with Crippen molar-refractivity contribution in [3.63, 3.8) is 0 Å². The Morgan fingerprint density at radius 3 is 2.87 bits per heavy atom. The molecule has 1 atom stereocenters. The lowest BCUT2D eigenvalue weighted by Gasteiger charge is -2.10. The molecule has 0 saturated heterocycles. The van der Waals surface area contributed by atoms with E-state index in [2.05, 4.69) is 25.2 Å². The average Bonchev–Trinajstić information content (AvgIpc) is 2.30. The summed E-state index contributed by atoms with van der Waals surface area (Å²) in [6, 6.07) is 4.11. The monoisotopic (exact) mass is 221 g/mol. The summed E-state index contributed by atoms with van der Waals surface area (Å²) in [7, 11) is 0. The van der Waals surface area contributed by atoms with E-state index in [9.17, 15) is 4.79 Å². The largest absolute Gasteiger partial charge is 0.351 e. The number of amides is 1. The Morgan fingerprint density at radius 2 is 2.13 bits per heavy atom. The Hall–Kier alpha value is -0.960. The molecule has 2 rings (SSSR count). The quantitative estimate of drug-likeness (QED) is 0.729. The molecule has 1 amide bonds. The molecule has 1 aliphatic rings. The van der Waals surface area contributed by atoms with E-state index >= 15 is 0 Å². The first-order valence-electron chi connectivity index (χ1n) is 5.14. The SMILES string of the molecule is Cc1cc(C)c2c(c1)C(=O)NCC(C)S2. The summed E-state index contributed by atoms with van der Waals surface area (Å²) in [6.45, 7) is 6.99. The molecule has 1 aromatic carbocycles. The Bertz CT molecular complexity index is 414. The van der Waals surface area contributed by atoms with Gasteiger partial charge in [-0.05, 0) is 31.0 Å². The zero-order chi connectivity index (χ0) is 11.0. The van der Waals surface area contributed by atoms with E-state index in [4.69, 9.17) is 0 Å². The number of benzene rings is 1. The van der Waals surface area contributed by atoms with Gasteiger partial charge in [-0.2, -0.15) is 0 Å². The van der Waals surface area contributed by atoms with Crippen LogP contribution in [0.2, 0.25) is 0 Å². The summed E-state index contributed by atoms with van der Waals surface area (Å²) in [4.78, 5) is 13.0. The number of nitrogens with one attached hydrogen (secondary N) is 1. The molecule has 1 aliphatic heterocycles. The number of thioether (sulfide) groups is 1. The van der Waals surface area contributed by atoms with Crippen molar-refractivity contribution in [1.29, 1.82) is 0 Å². The molecule has 0 fully saturated rings. The van der Waals surface area contributed by atoms with Crippen molar-refractivity contribution in [2.45, 2.75) is 30.9 Å². The molecule has 1 unspecified atom stereocenters. The minimum atomic E-state index is 0.0636. The molecule has 80 valence electrons. The standard InChI is InChI=1S/C12H15NOS/c1-7-4-8(2)11-10(5-7)12(14)13-6-9(3)15-11/h4-5,9H,6H2,1-3H3,(H,13,14). The van der Waals surface area contributed by atoms with Crippen LogP contribution in [-0.4, -0.2) is 17.7 Å². The molecule has 1 heterocycles. The zero-order valence-electron chi connectivity index (χ0n) is 9.26. The van der Waals surface area contributed by atoms with Crippen molar-refractivity contribution >= 4 is 17.7 Å². The van der Waals surface area contributed by atoms with E-state index in [1.807, 2.05) is 13.0 Å². The number of fused-ring (bicyclic) bond motifs is 1. The number of hydrogen-bond donors (Lipinski definition) is 1. The van der Waals surface area contributed by atoms with Crippen LogP contribution in [0.25, 0.3) is 0 Å². The third-order valence-electron chi connectivity index (χ3n) is 2.53. The smallest absolute Gasteiger partial charge is 0.252 e. The molecular weight excluding hydrogens is 206 g/mol. The minimum absolute atomic E-state index is 0.0636. The number of aryl methyl sites for hydroxylation is 2. The zero-order valence-corrected chi connectivity index (χ0v) is 10.1. The van der Waals surface area contributed by atoms with Gasteiger partial charge in [0.2, 0.25) is 0 Å². The summed E-state index contributed by atoms with van der Waals surface area (Å²) in [5.74, 6) is 0.0636. The highest BCUT2D eigenvalue weighted by Crippen LogP contribution is 2.32. The Morgan fingerprint density at radius 1 is 1.40 bits per heavy atom. The molecule has 2 nitrogen and oxygen atoms in total. The van der Waals surface area contributed by atoms with Crippen LogP contribution in [0.15, 0.2) is 17.0 Å². The topological polar surface area (TPSA) is 29.1 Å². The van der Waals surface area contributed by atoms with Gasteiger partial charge in [-0.3, -0.25) is 4.79 Å². The maximum absolute atomic E-state index is 11.8. The highest BCUT2D eigenvalue weighted by molar-refractivity contribution is 8.00. The Balaban J connectivity index is 2.57. The lowest BCUT2D eigenvalue weighted by molar-refractivity contribution is 0.0952. The van der Waals surface area contributed by atoms with E-state index in [0.717, 1.165) is 22.6 Å². The van der Waals surface area contributed by atoms with Crippen LogP contribution in [0.1, 0.15) is 28.4 Å². The number of carbonyl (C=O) groups is 1. The van der Waals surface area contributed by atoms with Gasteiger partial charge in [0.25, 0.3) is 5.91 Å². The first-order valence-corrected chi connectivity index (χ1v) is 6.02. The number of rotatable bonds is 0. The number of carbonyl (C=O) groups excluding carboxylic acids is 1. The Labute approximate surface area is 94.4 Å². The summed E-state index contributed by atoms with van der Waals surface area (Å²) in [5, 5.41) is 3.39. The molecule has 0 bridgehead atoms. The fourth-order valence-electron chi connectivity index (χ4n) is 1.85. The molecule has 0 aromatic heterocycles. The molecule has 0 spiro atoms. The number of hydrogen-bond acceptors (Lipinski definition) is 2. The summed E-state index contributed by atoms with van der Waals surface area (Å²) < 4.78 is 0. The molecule has 0 radical (unpaired) electrons. The van der Waals surface area contributed by atoms with Gasteiger partial charge in [-0.25, -0.2) is 0 Å². The summed E-state index contributed by atoms with van der Waals surface area (Å²) in [6.07, 6.45) is 0. The third-order valence-corrected chi connectivity index (χ3v) is 3.88. The second-order valence-corrected chi connectivity index (χ2v) is 5.55. The van der Waals surface area contributed by atoms with E-state index in [0.29, 0.717) is 5.25 Å². The van der Waals surface area contributed by atoms with Crippen LogP contribution in [0.5, 0.6) is 0 Å². The molecule has 1 N–H and O–H groups in total. The van der Waals surface area contributed by atoms with Crippen LogP contribution >= 0.6 is 11.8 Å². The van der Waals surface area contributed by atoms with Crippen LogP contribution in [0.3, 0.4) is 0 Å². The van der Waals surface area contributed by atoms with E-state index in [1.165, 1.54) is 5.56 Å². The van der Waals surface area contributed by atoms with E-state index < -0.39 is 0 Å². The fraction of sp³-hybridized carbons (Fsp3) is 0.417. The predicted octanol–water partition coefficient (Wildman–Crippen LogP) is 2.53. The first kappa shape index (κ1) is 10.6. The van der Waals surface area contributed by atoms with Gasteiger partial charge < -0.3 is 5.32 Å². The van der Waals surface area contributed by atoms with Crippen molar-refractivity contribution in [3.8, 4) is 0 Å². The lowest BCUT2D eigenvalue weighted by atomic mass is 10.1. The van der Waals surface area contributed by atoms with Crippen LogP contribution in [0, 0.1) is 13.8 Å². The van der Waals surface area contributed by atoms with Gasteiger partial charge >= 0.3 is 0 Å². The normalized spacial score (nSPS) is 20.5. The molecule has 15 heavy (non-hydrogen) atoms. The molecule has 0 aliphatic carbocycles. The predicted molar refractivity (Wildman–Crippen MR) is 63.6 cm³/mol. The minimum Gasteiger partial charge on any atom is -0.351 e. The van der Waals surface area contributed by atoms with Crippen molar-refractivity contribution in [3.05, 3.63) is 28.8 Å². The van der Waals surface area contributed by atoms with E-state index in [-0.39, 0.29) is 5.91 Å². The molecular formula is C12H15NOS. The maximum atomic E-state index is 11.8. The van der Waals surface area contributed by atoms with Gasteiger partial charge in [0.15, 0.2) is 0 Å². The van der Waals surface area contributed by atoms with Gasteiger partial charge in [0.1, 0.15) is 0 Å². The Kier molecular flexibility index (Phi) is 2.74. The van der Waals surface area contributed by atoms with Gasteiger partial charge in [0, 0.05) is 16.7 Å². The van der Waals surface area contributed by atoms with Crippen LogP contribution in [0.4, 0.5) is 0 Å². The van der Waals surface area contributed by atoms with E-state index in [1.54, 1.807) is 11.8 Å². The molecule has 1 aromatic rings. The van der Waals surface area contributed by atoms with Crippen molar-refractivity contribution < 1.29 is 4.79 Å². The fourth-order valence-corrected chi connectivity index (χ4v) is 2.95. The summed E-state index contributed by atoms with van der Waals surface area (Å²) >= 11 is 1.79. The van der Waals surface area contributed by atoms with Crippen molar-refractivity contribution in [2.24, 2.45) is 0 Å². The lowest BCUT2D eigenvalue weighted by Crippen LogP contribution is -2.26. The highest BCUT2D eigenvalue weighted by atomic mass is 32.2. The second-order valence-electron chi connectivity index (χ2n) is 4.10. The van der Waals surface area contributed by atoms with Crippen molar-refractivity contribution in [1.82, 2.24) is 5.32 Å². The van der Waals surface area contributed by atoms with Crippen molar-refractivity contribution in [2.75, 3.05) is 6.54 Å². The maximum Gasteiger partial charge on any atom is 0.252 e. The third kappa shape index (κ3) is 2.02. The van der Waals surface area contributed by atoms with Crippen LogP contribution < -0.4 is 5.32 Å². The van der Waals surface area contributed by atoms with Gasteiger partial charge in [-0.1, -0.05) is 13.0 Å². The van der Waals surface area contributed by atoms with Crippen LogP contribution in [-0.2, 0) is 0 Å². The average molecular weight is 221 g/mol. The first-order chi connectivity index (χ1) is 7.08. The highest BCUT2D eigenvalue weighted by Gasteiger charge is 2.21. The van der Waals surface area contributed by atoms with Gasteiger partial charge in [-0.15, -0.1) is 11.8 Å². The second kappa shape index (κ2) is 3.89. The molecule has 3 heteroatoms. The molecule has 0 saturated carbocycles. The summed E-state index contributed by atoms with van der Waals surface area (Å²) in [5.41, 5.74) is 3.19.